The van der Waals surface area contributed by atoms with E-state index in [0.29, 0.717) is 44.9 Å². The van der Waals surface area contributed by atoms with Crippen LogP contribution in [0, 0.1) is 0 Å². The van der Waals surface area contributed by atoms with Crippen molar-refractivity contribution >= 4 is 58.2 Å². The van der Waals surface area contributed by atoms with Crippen molar-refractivity contribution in [2.75, 3.05) is 24.8 Å². The highest BCUT2D eigenvalue weighted by molar-refractivity contribution is 7.99. The number of nitrogens with zero attached hydrogens (tertiary/aromatic N) is 3. The molecule has 3 aromatic rings. The molecule has 0 atom stereocenters. The van der Waals surface area contributed by atoms with Crippen molar-refractivity contribution in [1.82, 2.24) is 14.8 Å². The van der Waals surface area contributed by atoms with Gasteiger partial charge in [-0.25, -0.2) is 0 Å². The van der Waals surface area contributed by atoms with Gasteiger partial charge in [-0.2, -0.15) is 0 Å². The average Bonchev–Trinajstić information content (AvgIpc) is 3.12. The molecule has 158 valence electrons. The van der Waals surface area contributed by atoms with Crippen LogP contribution in [0.5, 0.6) is 0 Å². The van der Waals surface area contributed by atoms with Gasteiger partial charge in [0.25, 0.3) is 0 Å². The Bertz CT molecular complexity index is 1030. The maximum Gasteiger partial charge on any atom is 0.234 e. The SMILES string of the molecule is COCCCn1c(SCC(=O)Nc2cc(Cl)ccc2Cl)nnc1-c1ccccc1Cl. The zero-order valence-corrected chi connectivity index (χ0v) is 19.2. The second kappa shape index (κ2) is 11.0. The molecule has 0 aliphatic rings. The minimum Gasteiger partial charge on any atom is -0.385 e. The van der Waals surface area contributed by atoms with Crippen molar-refractivity contribution in [3.8, 4) is 11.4 Å². The molecule has 0 aliphatic heterocycles. The van der Waals surface area contributed by atoms with Gasteiger partial charge < -0.3 is 14.6 Å². The minimum absolute atomic E-state index is 0.133. The molecule has 0 saturated heterocycles. The first kappa shape index (κ1) is 22.9. The number of thioether (sulfide) groups is 1. The fraction of sp³-hybridized carbons (Fsp3) is 0.250. The molecule has 0 aliphatic carbocycles. The summed E-state index contributed by atoms with van der Waals surface area (Å²) in [4.78, 5) is 12.4. The van der Waals surface area contributed by atoms with Crippen LogP contribution in [-0.4, -0.2) is 40.1 Å². The van der Waals surface area contributed by atoms with E-state index in [4.69, 9.17) is 39.5 Å². The molecule has 1 aromatic heterocycles. The summed E-state index contributed by atoms with van der Waals surface area (Å²) in [5.74, 6) is 0.556. The molecule has 0 radical (unpaired) electrons. The lowest BCUT2D eigenvalue weighted by atomic mass is 10.2. The molecule has 0 saturated carbocycles. The molecule has 6 nitrogen and oxygen atoms in total. The highest BCUT2D eigenvalue weighted by Crippen LogP contribution is 2.30. The van der Waals surface area contributed by atoms with Crippen LogP contribution in [0.4, 0.5) is 5.69 Å². The Balaban J connectivity index is 1.75. The third-order valence-electron chi connectivity index (χ3n) is 4.10. The summed E-state index contributed by atoms with van der Waals surface area (Å²) in [6.45, 7) is 1.23. The summed E-state index contributed by atoms with van der Waals surface area (Å²) in [5, 5.41) is 13.5. The van der Waals surface area contributed by atoms with E-state index < -0.39 is 0 Å². The highest BCUT2D eigenvalue weighted by Gasteiger charge is 2.17. The summed E-state index contributed by atoms with van der Waals surface area (Å²) >= 11 is 19.7. The molecule has 1 amide bonds. The smallest absolute Gasteiger partial charge is 0.234 e. The molecule has 0 fully saturated rings. The van der Waals surface area contributed by atoms with Crippen molar-refractivity contribution < 1.29 is 9.53 Å². The molecule has 0 unspecified atom stereocenters. The molecule has 30 heavy (non-hydrogen) atoms. The minimum atomic E-state index is -0.227. The third-order valence-corrected chi connectivity index (χ3v) is 5.96. The van der Waals surface area contributed by atoms with Crippen LogP contribution in [0.3, 0.4) is 0 Å². The molecule has 10 heteroatoms. The molecule has 3 rings (SSSR count). The Kier molecular flexibility index (Phi) is 8.41. The number of ether oxygens (including phenoxy) is 1. The van der Waals surface area contributed by atoms with E-state index in [1.165, 1.54) is 11.8 Å². The van der Waals surface area contributed by atoms with Crippen LogP contribution in [0.2, 0.25) is 15.1 Å². The zero-order valence-electron chi connectivity index (χ0n) is 16.1. The summed E-state index contributed by atoms with van der Waals surface area (Å²) in [6.07, 6.45) is 0.768. The Hall–Kier alpha value is -1.77. The molecule has 1 heterocycles. The van der Waals surface area contributed by atoms with Gasteiger partial charge in [-0.1, -0.05) is 58.7 Å². The lowest BCUT2D eigenvalue weighted by molar-refractivity contribution is -0.113. The van der Waals surface area contributed by atoms with Crippen LogP contribution >= 0.6 is 46.6 Å². The molecule has 1 N–H and O–H groups in total. The summed E-state index contributed by atoms with van der Waals surface area (Å²) in [6, 6.07) is 12.3. The van der Waals surface area contributed by atoms with Crippen molar-refractivity contribution in [3.05, 3.63) is 57.5 Å². The normalized spacial score (nSPS) is 10.9. The Morgan fingerprint density at radius 2 is 1.93 bits per heavy atom. The first-order valence-electron chi connectivity index (χ1n) is 9.04. The Labute approximate surface area is 193 Å². The number of carbonyl (C=O) groups is 1. The van der Waals surface area contributed by atoms with Crippen molar-refractivity contribution in [2.24, 2.45) is 0 Å². The van der Waals surface area contributed by atoms with Gasteiger partial charge in [-0.15, -0.1) is 10.2 Å². The number of hydrogen-bond acceptors (Lipinski definition) is 5. The number of methoxy groups -OCH3 is 1. The molecular formula is C20H19Cl3N4O2S. The lowest BCUT2D eigenvalue weighted by Crippen LogP contribution is -2.15. The summed E-state index contributed by atoms with van der Waals surface area (Å²) in [7, 11) is 1.65. The largest absolute Gasteiger partial charge is 0.385 e. The van der Waals surface area contributed by atoms with Crippen LogP contribution in [0.15, 0.2) is 47.6 Å². The van der Waals surface area contributed by atoms with Crippen molar-refractivity contribution in [2.45, 2.75) is 18.1 Å². The maximum absolute atomic E-state index is 12.4. The Morgan fingerprint density at radius 1 is 1.13 bits per heavy atom. The van der Waals surface area contributed by atoms with Crippen molar-refractivity contribution in [3.63, 3.8) is 0 Å². The van der Waals surface area contributed by atoms with Gasteiger partial charge in [0.15, 0.2) is 11.0 Å². The number of hydrogen-bond donors (Lipinski definition) is 1. The quantitative estimate of drug-likeness (QED) is 0.312. The first-order valence-corrected chi connectivity index (χ1v) is 11.2. The number of rotatable bonds is 9. The van der Waals surface area contributed by atoms with E-state index in [1.807, 2.05) is 22.8 Å². The summed E-state index contributed by atoms with van der Waals surface area (Å²) in [5.41, 5.74) is 1.25. The number of benzene rings is 2. The molecule has 0 spiro atoms. The monoisotopic (exact) mass is 484 g/mol. The number of anilines is 1. The topological polar surface area (TPSA) is 69.0 Å². The van der Waals surface area contributed by atoms with Gasteiger partial charge in [0, 0.05) is 30.8 Å². The van der Waals surface area contributed by atoms with Gasteiger partial charge >= 0.3 is 0 Å². The van der Waals surface area contributed by atoms with Crippen LogP contribution in [-0.2, 0) is 16.1 Å². The van der Waals surface area contributed by atoms with Gasteiger partial charge in [0.1, 0.15) is 0 Å². The predicted molar refractivity (Wildman–Crippen MR) is 123 cm³/mol. The predicted octanol–water partition coefficient (Wildman–Crippen LogP) is 5.67. The van der Waals surface area contributed by atoms with E-state index in [-0.39, 0.29) is 11.7 Å². The van der Waals surface area contributed by atoms with E-state index in [2.05, 4.69) is 15.5 Å². The van der Waals surface area contributed by atoms with Gasteiger partial charge in [0.05, 0.1) is 21.5 Å². The van der Waals surface area contributed by atoms with E-state index in [1.54, 1.807) is 31.4 Å². The number of carbonyl (C=O) groups excluding carboxylic acids is 1. The van der Waals surface area contributed by atoms with Crippen LogP contribution in [0.1, 0.15) is 6.42 Å². The number of aromatic nitrogens is 3. The van der Waals surface area contributed by atoms with Crippen LogP contribution in [0.25, 0.3) is 11.4 Å². The van der Waals surface area contributed by atoms with E-state index >= 15 is 0 Å². The fourth-order valence-electron chi connectivity index (χ4n) is 2.72. The zero-order chi connectivity index (χ0) is 21.5. The number of halogens is 3. The summed E-state index contributed by atoms with van der Waals surface area (Å²) < 4.78 is 7.11. The van der Waals surface area contributed by atoms with E-state index in [0.717, 1.165) is 12.0 Å². The average molecular weight is 486 g/mol. The van der Waals surface area contributed by atoms with Crippen LogP contribution < -0.4 is 5.32 Å². The van der Waals surface area contributed by atoms with Gasteiger partial charge in [-0.05, 0) is 36.8 Å². The standard InChI is InChI=1S/C20H19Cl3N4O2S/c1-29-10-4-9-27-19(14-5-2-3-6-15(14)22)25-26-20(27)30-12-18(28)24-17-11-13(21)7-8-16(17)23/h2-3,5-8,11H,4,9-10,12H2,1H3,(H,24,28). The fourth-order valence-corrected chi connectivity index (χ4v) is 4.04. The van der Waals surface area contributed by atoms with E-state index in [9.17, 15) is 4.79 Å². The maximum atomic E-state index is 12.4. The molecule has 0 bridgehead atoms. The lowest BCUT2D eigenvalue weighted by Gasteiger charge is -2.11. The highest BCUT2D eigenvalue weighted by atomic mass is 35.5. The number of nitrogens with one attached hydrogen (secondary N) is 1. The second-order valence-corrected chi connectivity index (χ2v) is 8.44. The first-order chi connectivity index (χ1) is 14.5. The number of amides is 1. The van der Waals surface area contributed by atoms with Gasteiger partial charge in [-0.3, -0.25) is 4.79 Å². The molecule has 2 aromatic carbocycles. The van der Waals surface area contributed by atoms with Crippen molar-refractivity contribution in [1.29, 1.82) is 0 Å². The molecular weight excluding hydrogens is 467 g/mol. The van der Waals surface area contributed by atoms with Gasteiger partial charge in [0.2, 0.25) is 5.91 Å². The Morgan fingerprint density at radius 3 is 2.70 bits per heavy atom. The third kappa shape index (κ3) is 5.89. The second-order valence-electron chi connectivity index (χ2n) is 6.25.